The van der Waals surface area contributed by atoms with E-state index in [1.807, 2.05) is 41.2 Å². The van der Waals surface area contributed by atoms with Crippen LogP contribution in [-0.4, -0.2) is 20.5 Å². The highest BCUT2D eigenvalue weighted by molar-refractivity contribution is 5.58. The molecule has 1 fully saturated rings. The van der Waals surface area contributed by atoms with Gasteiger partial charge in [-0.1, -0.05) is 54.6 Å². The minimum absolute atomic E-state index is 0.0177. The number of nitrogens with zero attached hydrogens (tertiary/aromatic N) is 3. The Morgan fingerprint density at radius 1 is 1.17 bits per heavy atom. The minimum Gasteiger partial charge on any atom is -0.325 e. The van der Waals surface area contributed by atoms with E-state index >= 15 is 0 Å². The van der Waals surface area contributed by atoms with Gasteiger partial charge in [0, 0.05) is 17.0 Å². The molecule has 1 aromatic heterocycles. The smallest absolute Gasteiger partial charge is 0.113 e. The molecule has 23 heavy (non-hydrogen) atoms. The molecule has 1 aliphatic carbocycles. The van der Waals surface area contributed by atoms with Gasteiger partial charge in [0.1, 0.15) is 5.69 Å². The van der Waals surface area contributed by atoms with Crippen molar-refractivity contribution < 1.29 is 0 Å². The lowest BCUT2D eigenvalue weighted by atomic mass is 10.0. The molecule has 0 spiro atoms. The molecule has 0 amide bonds. The number of hydrogen-bond acceptors (Lipinski definition) is 3. The molecule has 1 heterocycles. The van der Waals surface area contributed by atoms with E-state index in [0.29, 0.717) is 5.92 Å². The van der Waals surface area contributed by atoms with E-state index in [1.54, 1.807) is 0 Å². The summed E-state index contributed by atoms with van der Waals surface area (Å²) in [5.41, 5.74) is 10.6. The van der Waals surface area contributed by atoms with Crippen LogP contribution in [0.3, 0.4) is 0 Å². The van der Waals surface area contributed by atoms with Gasteiger partial charge in [-0.15, -0.1) is 5.10 Å². The Kier molecular flexibility index (Phi) is 3.27. The van der Waals surface area contributed by atoms with Crippen LogP contribution in [-0.2, 0) is 0 Å². The van der Waals surface area contributed by atoms with Crippen molar-refractivity contribution in [2.45, 2.75) is 31.2 Å². The van der Waals surface area contributed by atoms with E-state index in [1.165, 1.54) is 5.56 Å². The number of hydrogen-bond donors (Lipinski definition) is 1. The van der Waals surface area contributed by atoms with Crippen molar-refractivity contribution in [3.63, 3.8) is 0 Å². The Labute approximate surface area is 135 Å². The third kappa shape index (κ3) is 2.55. The first-order chi connectivity index (χ1) is 11.2. The van der Waals surface area contributed by atoms with Crippen molar-refractivity contribution in [1.82, 2.24) is 15.0 Å². The fourth-order valence-electron chi connectivity index (χ4n) is 3.18. The molecule has 3 aromatic rings. The van der Waals surface area contributed by atoms with Crippen LogP contribution in [0, 0.1) is 0 Å². The largest absolute Gasteiger partial charge is 0.325 e. The highest BCUT2D eigenvalue weighted by Gasteiger charge is 2.50. The van der Waals surface area contributed by atoms with Gasteiger partial charge in [0.05, 0.1) is 11.9 Å². The van der Waals surface area contributed by atoms with Crippen LogP contribution in [0.2, 0.25) is 0 Å². The second-order valence-electron chi connectivity index (χ2n) is 6.35. The fraction of sp³-hybridized carbons (Fsp3) is 0.263. The zero-order valence-corrected chi connectivity index (χ0v) is 13.2. The van der Waals surface area contributed by atoms with E-state index in [9.17, 15) is 0 Å². The van der Waals surface area contributed by atoms with Crippen LogP contribution in [0.1, 0.15) is 31.2 Å². The Balaban J connectivity index is 1.63. The van der Waals surface area contributed by atoms with Gasteiger partial charge in [0.25, 0.3) is 0 Å². The highest BCUT2D eigenvalue weighted by atomic mass is 15.4. The quantitative estimate of drug-likeness (QED) is 0.802. The van der Waals surface area contributed by atoms with Gasteiger partial charge in [0.2, 0.25) is 0 Å². The van der Waals surface area contributed by atoms with Gasteiger partial charge in [0.15, 0.2) is 0 Å². The normalized spacial score (nSPS) is 23.0. The maximum atomic E-state index is 6.36. The molecule has 0 saturated heterocycles. The lowest BCUT2D eigenvalue weighted by molar-refractivity contribution is 0.626. The summed E-state index contributed by atoms with van der Waals surface area (Å²) in [6, 6.07) is 18.6. The van der Waals surface area contributed by atoms with Crippen molar-refractivity contribution in [2.75, 3.05) is 0 Å². The third-order valence-corrected chi connectivity index (χ3v) is 4.88. The zero-order chi connectivity index (χ0) is 15.9. The maximum Gasteiger partial charge on any atom is 0.113 e. The number of aromatic nitrogens is 3. The van der Waals surface area contributed by atoms with Crippen molar-refractivity contribution in [3.8, 4) is 16.9 Å². The third-order valence-electron chi connectivity index (χ3n) is 4.88. The summed E-state index contributed by atoms with van der Waals surface area (Å²) in [5, 5.41) is 8.56. The lowest BCUT2D eigenvalue weighted by Gasteiger charge is -2.09. The topological polar surface area (TPSA) is 56.7 Å². The van der Waals surface area contributed by atoms with Gasteiger partial charge < -0.3 is 5.73 Å². The van der Waals surface area contributed by atoms with Crippen LogP contribution in [0.15, 0.2) is 60.8 Å². The lowest BCUT2D eigenvalue weighted by Crippen LogP contribution is -2.22. The second kappa shape index (κ2) is 5.32. The summed E-state index contributed by atoms with van der Waals surface area (Å²) in [6.07, 6.45) is 4.06. The standard InChI is InChI=1S/C19H20N4/c1-2-19(20)12-17(19)15-9-6-10-16(11-15)23-13-18(21-22-23)14-7-4-3-5-8-14/h3-11,13,17H,2,12,20H2,1H3/t17-,19-/m1/s1. The van der Waals surface area contributed by atoms with Crippen LogP contribution in [0.4, 0.5) is 0 Å². The first kappa shape index (κ1) is 14.2. The van der Waals surface area contributed by atoms with Crippen LogP contribution < -0.4 is 5.73 Å². The van der Waals surface area contributed by atoms with Gasteiger partial charge >= 0.3 is 0 Å². The molecule has 2 aromatic carbocycles. The summed E-state index contributed by atoms with van der Waals surface area (Å²) in [7, 11) is 0. The molecule has 4 rings (SSSR count). The van der Waals surface area contributed by atoms with E-state index in [0.717, 1.165) is 29.8 Å². The molecule has 4 heteroatoms. The van der Waals surface area contributed by atoms with E-state index in [-0.39, 0.29) is 5.54 Å². The Morgan fingerprint density at radius 3 is 2.74 bits per heavy atom. The van der Waals surface area contributed by atoms with Crippen LogP contribution >= 0.6 is 0 Å². The van der Waals surface area contributed by atoms with Gasteiger partial charge in [-0.3, -0.25) is 0 Å². The van der Waals surface area contributed by atoms with E-state index in [2.05, 4.69) is 41.5 Å². The predicted octanol–water partition coefficient (Wildman–Crippen LogP) is 3.53. The molecule has 1 aliphatic rings. The fourth-order valence-corrected chi connectivity index (χ4v) is 3.18. The molecule has 0 aliphatic heterocycles. The first-order valence-corrected chi connectivity index (χ1v) is 8.06. The monoisotopic (exact) mass is 304 g/mol. The molecular formula is C19H20N4. The first-order valence-electron chi connectivity index (χ1n) is 8.06. The Morgan fingerprint density at radius 2 is 2.00 bits per heavy atom. The maximum absolute atomic E-state index is 6.36. The highest BCUT2D eigenvalue weighted by Crippen LogP contribution is 2.51. The van der Waals surface area contributed by atoms with Gasteiger partial charge in [-0.2, -0.15) is 0 Å². The second-order valence-corrected chi connectivity index (χ2v) is 6.35. The van der Waals surface area contributed by atoms with Gasteiger partial charge in [-0.25, -0.2) is 4.68 Å². The number of rotatable bonds is 4. The van der Waals surface area contributed by atoms with Crippen molar-refractivity contribution >= 4 is 0 Å². The van der Waals surface area contributed by atoms with E-state index < -0.39 is 0 Å². The number of benzene rings is 2. The van der Waals surface area contributed by atoms with Crippen LogP contribution in [0.25, 0.3) is 16.9 Å². The SMILES string of the molecule is CC[C@@]1(N)C[C@@H]1c1cccc(-n2cc(-c3ccccc3)nn2)c1. The average Bonchev–Trinajstić information content (AvgIpc) is 3.07. The molecule has 0 unspecified atom stereocenters. The van der Waals surface area contributed by atoms with Gasteiger partial charge in [-0.05, 0) is 30.5 Å². The molecule has 2 N–H and O–H groups in total. The molecule has 116 valence electrons. The van der Waals surface area contributed by atoms with Crippen LogP contribution in [0.5, 0.6) is 0 Å². The summed E-state index contributed by atoms with van der Waals surface area (Å²) in [6.45, 7) is 2.16. The van der Waals surface area contributed by atoms with Crippen molar-refractivity contribution in [1.29, 1.82) is 0 Å². The minimum atomic E-state index is -0.0177. The molecule has 0 bridgehead atoms. The molecule has 0 radical (unpaired) electrons. The predicted molar refractivity (Wildman–Crippen MR) is 91.4 cm³/mol. The van der Waals surface area contributed by atoms with E-state index in [4.69, 9.17) is 5.73 Å². The van der Waals surface area contributed by atoms with Crippen molar-refractivity contribution in [3.05, 3.63) is 66.4 Å². The average molecular weight is 304 g/mol. The Bertz CT molecular complexity index is 824. The summed E-state index contributed by atoms with van der Waals surface area (Å²) < 4.78 is 1.83. The Hall–Kier alpha value is -2.46. The molecule has 2 atom stereocenters. The molecular weight excluding hydrogens is 284 g/mol. The molecule has 4 nitrogen and oxygen atoms in total. The summed E-state index contributed by atoms with van der Waals surface area (Å²) in [4.78, 5) is 0. The number of nitrogens with two attached hydrogens (primary N) is 1. The molecule has 1 saturated carbocycles. The summed E-state index contributed by atoms with van der Waals surface area (Å²) >= 11 is 0. The summed E-state index contributed by atoms with van der Waals surface area (Å²) in [5.74, 6) is 0.463. The van der Waals surface area contributed by atoms with Crippen molar-refractivity contribution in [2.24, 2.45) is 5.73 Å². The zero-order valence-electron chi connectivity index (χ0n) is 13.2.